The Balaban J connectivity index is 1.49. The van der Waals surface area contributed by atoms with Crippen LogP contribution in [0.4, 0.5) is 11.4 Å². The summed E-state index contributed by atoms with van der Waals surface area (Å²) < 4.78 is 0. The van der Waals surface area contributed by atoms with Crippen molar-refractivity contribution in [1.29, 1.82) is 0 Å². The summed E-state index contributed by atoms with van der Waals surface area (Å²) in [5, 5.41) is 10.5. The first-order valence-corrected chi connectivity index (χ1v) is 11.6. The zero-order chi connectivity index (χ0) is 22.2. The Kier molecular flexibility index (Phi) is 5.35. The largest absolute Gasteiger partial charge is 0.354 e. The molecular formula is C25H24N4O2S. The fraction of sp³-hybridized carbons (Fsp3) is 0.240. The van der Waals surface area contributed by atoms with Gasteiger partial charge in [-0.1, -0.05) is 36.9 Å². The van der Waals surface area contributed by atoms with Crippen LogP contribution in [0.1, 0.15) is 37.8 Å². The van der Waals surface area contributed by atoms with E-state index in [1.807, 2.05) is 43.3 Å². The van der Waals surface area contributed by atoms with Crippen LogP contribution < -0.4 is 16.1 Å². The first-order valence-electron chi connectivity index (χ1n) is 10.8. The molecule has 0 atom stereocenters. The average molecular weight is 445 g/mol. The molecule has 3 N–H and O–H groups in total. The summed E-state index contributed by atoms with van der Waals surface area (Å²) >= 11 is 1.65. The van der Waals surface area contributed by atoms with Gasteiger partial charge >= 0.3 is 0 Å². The van der Waals surface area contributed by atoms with Crippen molar-refractivity contribution in [3.05, 3.63) is 70.9 Å². The minimum absolute atomic E-state index is 0.123. The summed E-state index contributed by atoms with van der Waals surface area (Å²) in [5.74, 6) is 0.101. The average Bonchev–Trinajstić information content (AvgIpc) is 3.59. The molecule has 6 nitrogen and oxygen atoms in total. The number of carbonyl (C=O) groups is 2. The van der Waals surface area contributed by atoms with E-state index >= 15 is 0 Å². The number of thioether (sulfide) groups is 1. The minimum Gasteiger partial charge on any atom is -0.354 e. The highest BCUT2D eigenvalue weighted by Gasteiger charge is 2.30. The molecule has 1 fully saturated rings. The smallest absolute Gasteiger partial charge is 0.275 e. The van der Waals surface area contributed by atoms with Crippen LogP contribution >= 0.6 is 11.8 Å². The molecule has 2 aromatic carbocycles. The van der Waals surface area contributed by atoms with E-state index in [-0.39, 0.29) is 17.7 Å². The molecule has 3 aliphatic rings. The van der Waals surface area contributed by atoms with Gasteiger partial charge in [0, 0.05) is 32.7 Å². The van der Waals surface area contributed by atoms with Gasteiger partial charge in [0.2, 0.25) is 5.91 Å². The summed E-state index contributed by atoms with van der Waals surface area (Å²) in [4.78, 5) is 26.7. The van der Waals surface area contributed by atoms with E-state index in [1.165, 1.54) is 0 Å². The van der Waals surface area contributed by atoms with Gasteiger partial charge in [0.05, 0.1) is 17.0 Å². The highest BCUT2D eigenvalue weighted by atomic mass is 32.2. The van der Waals surface area contributed by atoms with Crippen LogP contribution in [0.5, 0.6) is 0 Å². The molecule has 1 saturated carbocycles. The fourth-order valence-electron chi connectivity index (χ4n) is 3.90. The van der Waals surface area contributed by atoms with Gasteiger partial charge in [0.25, 0.3) is 5.91 Å². The van der Waals surface area contributed by atoms with Gasteiger partial charge in [-0.2, -0.15) is 5.10 Å². The molecule has 162 valence electrons. The van der Waals surface area contributed by atoms with E-state index < -0.39 is 0 Å². The maximum absolute atomic E-state index is 12.3. The van der Waals surface area contributed by atoms with E-state index in [2.05, 4.69) is 40.2 Å². The number of carbonyl (C=O) groups excluding carboxylic acids is 2. The number of aryl methyl sites for hydroxylation is 1. The number of hydrogen-bond acceptors (Lipinski definition) is 5. The first-order chi connectivity index (χ1) is 15.5. The molecule has 2 amide bonds. The molecule has 0 bridgehead atoms. The third-order valence-corrected chi connectivity index (χ3v) is 6.86. The minimum atomic E-state index is -0.200. The molecule has 2 aliphatic heterocycles. The van der Waals surface area contributed by atoms with Crippen molar-refractivity contribution >= 4 is 45.6 Å². The molecule has 0 radical (unpaired) electrons. The topological polar surface area (TPSA) is 82.6 Å². The highest BCUT2D eigenvalue weighted by molar-refractivity contribution is 8.08. The highest BCUT2D eigenvalue weighted by Crippen LogP contribution is 2.43. The number of nitrogens with zero attached hydrogens (tertiary/aromatic N) is 1. The number of anilines is 2. The number of amides is 2. The van der Waals surface area contributed by atoms with Crippen LogP contribution in [0.3, 0.4) is 0 Å². The quantitative estimate of drug-likeness (QED) is 0.572. The molecule has 0 spiro atoms. The van der Waals surface area contributed by atoms with Crippen molar-refractivity contribution in [3.63, 3.8) is 0 Å². The Morgan fingerprint density at radius 3 is 2.75 bits per heavy atom. The lowest BCUT2D eigenvalue weighted by Gasteiger charge is -2.22. The van der Waals surface area contributed by atoms with Crippen LogP contribution in [0.2, 0.25) is 0 Å². The van der Waals surface area contributed by atoms with Crippen LogP contribution in [0.15, 0.2) is 69.8 Å². The number of hydrogen-bond donors (Lipinski definition) is 3. The predicted molar refractivity (Wildman–Crippen MR) is 129 cm³/mol. The summed E-state index contributed by atoms with van der Waals surface area (Å²) in [6.07, 6.45) is 4.82. The molecular weight excluding hydrogens is 420 g/mol. The van der Waals surface area contributed by atoms with Crippen LogP contribution in [0.25, 0.3) is 4.91 Å². The summed E-state index contributed by atoms with van der Waals surface area (Å²) in [5.41, 5.74) is 8.55. The van der Waals surface area contributed by atoms with Crippen LogP contribution in [0, 0.1) is 5.92 Å². The predicted octanol–water partition coefficient (Wildman–Crippen LogP) is 4.92. The second-order valence-electron chi connectivity index (χ2n) is 8.14. The number of nitrogens with one attached hydrogen (secondary N) is 3. The lowest BCUT2D eigenvalue weighted by molar-refractivity contribution is -0.117. The standard InChI is InChI=1S/C25H24N4O2S/c1-3-15-12-17(10-11-19(15)27-24(30)16-8-9-16)32-22-13-21(23-14(2)28-29-25(23)31)26-20-7-5-4-6-18(20)22/h4-7,10-13,16,26H,3,8-9H2,1-2H3,(H,27,30)(H,29,31)/b23-21-. The van der Waals surface area contributed by atoms with Crippen molar-refractivity contribution in [1.82, 2.24) is 5.43 Å². The molecule has 5 rings (SSSR count). The maximum Gasteiger partial charge on any atom is 0.275 e. The number of fused-ring (bicyclic) bond motifs is 1. The molecule has 7 heteroatoms. The van der Waals surface area contributed by atoms with Crippen LogP contribution in [-0.2, 0) is 16.0 Å². The second-order valence-corrected chi connectivity index (χ2v) is 9.26. The monoisotopic (exact) mass is 444 g/mol. The van der Waals surface area contributed by atoms with Gasteiger partial charge in [-0.05, 0) is 62.1 Å². The normalized spacial score (nSPS) is 19.5. The van der Waals surface area contributed by atoms with Crippen LogP contribution in [-0.4, -0.2) is 17.5 Å². The molecule has 0 unspecified atom stereocenters. The van der Waals surface area contributed by atoms with E-state index in [0.717, 1.165) is 57.3 Å². The fourth-order valence-corrected chi connectivity index (χ4v) is 4.96. The van der Waals surface area contributed by atoms with E-state index in [4.69, 9.17) is 0 Å². The van der Waals surface area contributed by atoms with E-state index in [9.17, 15) is 9.59 Å². The Hall–Kier alpha value is -3.32. The van der Waals surface area contributed by atoms with Gasteiger partial charge < -0.3 is 10.6 Å². The summed E-state index contributed by atoms with van der Waals surface area (Å²) in [7, 11) is 0. The third-order valence-electron chi connectivity index (χ3n) is 5.81. The maximum atomic E-state index is 12.3. The lowest BCUT2D eigenvalue weighted by atomic mass is 10.0. The summed E-state index contributed by atoms with van der Waals surface area (Å²) in [6, 6.07) is 14.2. The van der Waals surface area contributed by atoms with Crippen molar-refractivity contribution in [3.8, 4) is 0 Å². The third kappa shape index (κ3) is 3.96. The Bertz CT molecular complexity index is 1220. The van der Waals surface area contributed by atoms with Gasteiger partial charge in [0.15, 0.2) is 0 Å². The molecule has 2 heterocycles. The summed E-state index contributed by atoms with van der Waals surface area (Å²) in [6.45, 7) is 3.92. The zero-order valence-corrected chi connectivity index (χ0v) is 18.8. The van der Waals surface area contributed by atoms with Crippen molar-refractivity contribution in [2.24, 2.45) is 11.0 Å². The molecule has 0 aromatic heterocycles. The van der Waals surface area contributed by atoms with Gasteiger partial charge in [-0.3, -0.25) is 9.59 Å². The number of benzene rings is 2. The number of para-hydroxylation sites is 1. The van der Waals surface area contributed by atoms with Gasteiger partial charge in [0.1, 0.15) is 0 Å². The molecule has 0 saturated heterocycles. The number of rotatable bonds is 5. The SMILES string of the molecule is CCc1cc(SC2=C/C(=C3/C(=O)NN=C3C)Nc3ccccc32)ccc1NC(=O)C1CC1. The van der Waals surface area contributed by atoms with Crippen molar-refractivity contribution in [2.75, 3.05) is 10.6 Å². The zero-order valence-electron chi connectivity index (χ0n) is 18.0. The van der Waals surface area contributed by atoms with Crippen molar-refractivity contribution in [2.45, 2.75) is 38.0 Å². The molecule has 1 aliphatic carbocycles. The van der Waals surface area contributed by atoms with Gasteiger partial charge in [-0.15, -0.1) is 0 Å². The van der Waals surface area contributed by atoms with E-state index in [1.54, 1.807) is 11.8 Å². The Labute approximate surface area is 191 Å². The Morgan fingerprint density at radius 2 is 2.03 bits per heavy atom. The number of allylic oxidation sites excluding steroid dienone is 1. The van der Waals surface area contributed by atoms with Gasteiger partial charge in [-0.25, -0.2) is 5.43 Å². The lowest BCUT2D eigenvalue weighted by Crippen LogP contribution is -2.18. The second kappa shape index (κ2) is 8.31. The molecule has 2 aromatic rings. The number of hydrazone groups is 1. The molecule has 32 heavy (non-hydrogen) atoms. The Morgan fingerprint density at radius 1 is 1.22 bits per heavy atom. The van der Waals surface area contributed by atoms with Crippen molar-refractivity contribution < 1.29 is 9.59 Å². The first kappa shape index (κ1) is 20.6. The van der Waals surface area contributed by atoms with E-state index in [0.29, 0.717) is 11.3 Å².